The summed E-state index contributed by atoms with van der Waals surface area (Å²) in [7, 11) is -3.63. The van der Waals surface area contributed by atoms with E-state index in [1.165, 1.54) is 31.7 Å². The monoisotopic (exact) mass is 296 g/mol. The van der Waals surface area contributed by atoms with Crippen molar-refractivity contribution in [2.75, 3.05) is 6.54 Å². The Morgan fingerprint density at radius 1 is 1.40 bits per heavy atom. The van der Waals surface area contributed by atoms with E-state index in [9.17, 15) is 8.42 Å². The van der Waals surface area contributed by atoms with Gasteiger partial charge in [0.1, 0.15) is 0 Å². The molecule has 0 bridgehead atoms. The van der Waals surface area contributed by atoms with Crippen LogP contribution in [0.4, 0.5) is 0 Å². The largest absolute Gasteiger partial charge is 0.310 e. The molecule has 1 atom stereocenters. The van der Waals surface area contributed by atoms with E-state index in [2.05, 4.69) is 19.2 Å². The van der Waals surface area contributed by atoms with Gasteiger partial charge in [0, 0.05) is 12.6 Å². The molecule has 0 heterocycles. The van der Waals surface area contributed by atoms with Gasteiger partial charge in [-0.15, -0.1) is 0 Å². The number of sulfonamides is 1. The Kier molecular flexibility index (Phi) is 4.52. The van der Waals surface area contributed by atoms with Gasteiger partial charge < -0.3 is 5.32 Å². The minimum atomic E-state index is -3.63. The molecule has 5 heteroatoms. The van der Waals surface area contributed by atoms with Crippen molar-refractivity contribution in [2.24, 2.45) is 10.6 Å². The maximum absolute atomic E-state index is 11.4. The van der Waals surface area contributed by atoms with E-state index in [4.69, 9.17) is 5.14 Å². The smallest absolute Gasteiger partial charge is 0.238 e. The molecule has 0 spiro atoms. The number of nitrogens with one attached hydrogen (secondary N) is 1. The van der Waals surface area contributed by atoms with Crippen LogP contribution >= 0.6 is 0 Å². The summed E-state index contributed by atoms with van der Waals surface area (Å²) in [4.78, 5) is 0.179. The maximum Gasteiger partial charge on any atom is 0.238 e. The Labute approximate surface area is 121 Å². The van der Waals surface area contributed by atoms with Crippen LogP contribution in [-0.2, 0) is 10.0 Å². The molecule has 1 unspecified atom stereocenters. The highest BCUT2D eigenvalue weighted by Gasteiger charge is 2.41. The average molecular weight is 296 g/mol. The van der Waals surface area contributed by atoms with Crippen LogP contribution in [0.15, 0.2) is 29.2 Å². The first-order valence-corrected chi connectivity index (χ1v) is 8.77. The minimum absolute atomic E-state index is 0.131. The molecule has 1 saturated carbocycles. The van der Waals surface area contributed by atoms with Crippen LogP contribution in [0.3, 0.4) is 0 Å². The lowest BCUT2D eigenvalue weighted by molar-refractivity contribution is 0.397. The van der Waals surface area contributed by atoms with Crippen LogP contribution in [0, 0.1) is 5.41 Å². The predicted octanol–water partition coefficient (Wildman–Crippen LogP) is 2.56. The number of hydrogen-bond donors (Lipinski definition) is 2. The van der Waals surface area contributed by atoms with Gasteiger partial charge in [0.05, 0.1) is 4.90 Å². The molecule has 1 aromatic carbocycles. The zero-order valence-electron chi connectivity index (χ0n) is 12.2. The van der Waals surface area contributed by atoms with Crippen LogP contribution in [0.2, 0.25) is 0 Å². The molecule has 20 heavy (non-hydrogen) atoms. The molecule has 0 radical (unpaired) electrons. The summed E-state index contributed by atoms with van der Waals surface area (Å²) < 4.78 is 22.8. The highest BCUT2D eigenvalue weighted by atomic mass is 32.2. The fourth-order valence-corrected chi connectivity index (χ4v) is 3.24. The second kappa shape index (κ2) is 5.84. The first-order valence-electron chi connectivity index (χ1n) is 7.22. The van der Waals surface area contributed by atoms with Gasteiger partial charge in [-0.05, 0) is 49.3 Å². The van der Waals surface area contributed by atoms with Crippen LogP contribution < -0.4 is 10.5 Å². The summed E-state index contributed by atoms with van der Waals surface area (Å²) in [5.41, 5.74) is 1.45. The molecule has 112 valence electrons. The molecule has 1 aromatic rings. The fraction of sp³-hybridized carbons (Fsp3) is 0.600. The SMILES string of the molecule is CCCC1(CNC(C)c2cccc(S(N)(=O)=O)c2)CC1. The molecule has 1 aliphatic rings. The maximum atomic E-state index is 11.4. The minimum Gasteiger partial charge on any atom is -0.310 e. The predicted molar refractivity (Wildman–Crippen MR) is 80.8 cm³/mol. The molecular weight excluding hydrogens is 272 g/mol. The van der Waals surface area contributed by atoms with Gasteiger partial charge in [-0.1, -0.05) is 25.5 Å². The Morgan fingerprint density at radius 2 is 2.10 bits per heavy atom. The first kappa shape index (κ1) is 15.5. The zero-order valence-corrected chi connectivity index (χ0v) is 13.0. The molecule has 4 nitrogen and oxygen atoms in total. The third-order valence-electron chi connectivity index (χ3n) is 4.21. The molecular formula is C15H24N2O2S. The van der Waals surface area contributed by atoms with E-state index < -0.39 is 10.0 Å². The van der Waals surface area contributed by atoms with Gasteiger partial charge in [-0.25, -0.2) is 13.6 Å². The third kappa shape index (κ3) is 3.81. The number of primary sulfonamides is 1. The summed E-state index contributed by atoms with van der Waals surface area (Å²) >= 11 is 0. The van der Waals surface area contributed by atoms with Crippen LogP contribution in [0.5, 0.6) is 0 Å². The molecule has 0 aliphatic heterocycles. The third-order valence-corrected chi connectivity index (χ3v) is 5.12. The van der Waals surface area contributed by atoms with E-state index in [0.29, 0.717) is 5.41 Å². The van der Waals surface area contributed by atoms with Crippen LogP contribution in [0.25, 0.3) is 0 Å². The summed E-state index contributed by atoms with van der Waals surface area (Å²) in [5, 5.41) is 8.70. The van der Waals surface area contributed by atoms with E-state index in [-0.39, 0.29) is 10.9 Å². The van der Waals surface area contributed by atoms with Crippen LogP contribution in [0.1, 0.15) is 51.1 Å². The number of benzene rings is 1. The molecule has 0 aromatic heterocycles. The Hall–Kier alpha value is -0.910. The van der Waals surface area contributed by atoms with E-state index in [1.807, 2.05) is 6.07 Å². The van der Waals surface area contributed by atoms with Crippen molar-refractivity contribution >= 4 is 10.0 Å². The second-order valence-corrected chi connectivity index (χ2v) is 7.53. The summed E-state index contributed by atoms with van der Waals surface area (Å²) in [6.07, 6.45) is 5.09. The first-order chi connectivity index (χ1) is 9.36. The standard InChI is InChI=1S/C15H24N2O2S/c1-3-7-15(8-9-15)11-17-12(2)13-5-4-6-14(10-13)20(16,18)19/h4-6,10,12,17H,3,7-9,11H2,1-2H3,(H2,16,18,19). The number of rotatable bonds is 7. The topological polar surface area (TPSA) is 72.2 Å². The number of nitrogens with two attached hydrogens (primary N) is 1. The van der Waals surface area contributed by atoms with E-state index >= 15 is 0 Å². The lowest BCUT2D eigenvalue weighted by atomic mass is 9.99. The molecule has 0 amide bonds. The van der Waals surface area contributed by atoms with Gasteiger partial charge in [0.15, 0.2) is 0 Å². The van der Waals surface area contributed by atoms with Crippen molar-refractivity contribution in [1.29, 1.82) is 0 Å². The van der Waals surface area contributed by atoms with Gasteiger partial charge in [0.25, 0.3) is 0 Å². The number of hydrogen-bond acceptors (Lipinski definition) is 3. The quantitative estimate of drug-likeness (QED) is 0.812. The molecule has 1 fully saturated rings. The van der Waals surface area contributed by atoms with Crippen molar-refractivity contribution in [3.05, 3.63) is 29.8 Å². The zero-order chi connectivity index (χ0) is 14.8. The molecule has 3 N–H and O–H groups in total. The Morgan fingerprint density at radius 3 is 2.65 bits per heavy atom. The highest BCUT2D eigenvalue weighted by molar-refractivity contribution is 7.89. The van der Waals surface area contributed by atoms with Gasteiger partial charge >= 0.3 is 0 Å². The summed E-state index contributed by atoms with van der Waals surface area (Å²) in [6, 6.07) is 7.00. The van der Waals surface area contributed by atoms with Crippen LogP contribution in [-0.4, -0.2) is 15.0 Å². The second-order valence-electron chi connectivity index (χ2n) is 5.97. The van der Waals surface area contributed by atoms with Gasteiger partial charge in [-0.3, -0.25) is 0 Å². The van der Waals surface area contributed by atoms with Crippen molar-refractivity contribution in [2.45, 2.75) is 50.5 Å². The highest BCUT2D eigenvalue weighted by Crippen LogP contribution is 2.49. The molecule has 1 aliphatic carbocycles. The lowest BCUT2D eigenvalue weighted by Crippen LogP contribution is -2.27. The Bertz CT molecular complexity index is 565. The van der Waals surface area contributed by atoms with Crippen molar-refractivity contribution in [1.82, 2.24) is 5.32 Å². The van der Waals surface area contributed by atoms with Crippen molar-refractivity contribution in [3.63, 3.8) is 0 Å². The molecule has 0 saturated heterocycles. The summed E-state index contributed by atoms with van der Waals surface area (Å²) in [6.45, 7) is 5.28. The molecule has 2 rings (SSSR count). The summed E-state index contributed by atoms with van der Waals surface area (Å²) in [5.74, 6) is 0. The Balaban J connectivity index is 2.01. The lowest BCUT2D eigenvalue weighted by Gasteiger charge is -2.20. The average Bonchev–Trinajstić information content (AvgIpc) is 3.16. The van der Waals surface area contributed by atoms with E-state index in [1.54, 1.807) is 12.1 Å². The van der Waals surface area contributed by atoms with Gasteiger partial charge in [0.2, 0.25) is 10.0 Å². The van der Waals surface area contributed by atoms with Crippen molar-refractivity contribution in [3.8, 4) is 0 Å². The normalized spacial score (nSPS) is 18.8. The van der Waals surface area contributed by atoms with Gasteiger partial charge in [-0.2, -0.15) is 0 Å². The fourth-order valence-electron chi connectivity index (χ4n) is 2.67. The van der Waals surface area contributed by atoms with E-state index in [0.717, 1.165) is 12.1 Å². The van der Waals surface area contributed by atoms with Crippen molar-refractivity contribution < 1.29 is 8.42 Å².